The lowest BCUT2D eigenvalue weighted by Crippen LogP contribution is -2.48. The Labute approximate surface area is 125 Å². The van der Waals surface area contributed by atoms with Gasteiger partial charge in [0.15, 0.2) is 5.82 Å². The van der Waals surface area contributed by atoms with Gasteiger partial charge in [0.2, 0.25) is 0 Å². The topological polar surface area (TPSA) is 82.3 Å². The number of aromatic nitrogens is 2. The first kappa shape index (κ1) is 15.6. The molecule has 1 aliphatic rings. The second kappa shape index (κ2) is 7.87. The molecule has 0 atom stereocenters. The van der Waals surface area contributed by atoms with Gasteiger partial charge in [0.05, 0.1) is 0 Å². The van der Waals surface area contributed by atoms with Crippen molar-refractivity contribution in [1.82, 2.24) is 20.8 Å². The maximum absolute atomic E-state index is 11.7. The van der Waals surface area contributed by atoms with E-state index in [9.17, 15) is 4.79 Å². The van der Waals surface area contributed by atoms with Crippen molar-refractivity contribution in [3.05, 3.63) is 11.8 Å². The number of carbonyl (C=O) groups is 1. The minimum Gasteiger partial charge on any atom is -0.385 e. The summed E-state index contributed by atoms with van der Waals surface area (Å²) in [6.45, 7) is 5.14. The molecular weight excluding hydrogens is 270 g/mol. The standard InChI is InChI=1S/C14H25N5O2/c1-11-10-13(18-17-11)19-7-4-12(5-8-19)16-14(20)15-6-3-9-21-2/h10,12H,3-9H2,1-2H3,(H,17,18)(H2,15,16,20). The third kappa shape index (κ3) is 4.93. The number of nitrogens with one attached hydrogen (secondary N) is 3. The van der Waals surface area contributed by atoms with Crippen LogP contribution in [0.2, 0.25) is 0 Å². The number of nitrogens with zero attached hydrogens (tertiary/aromatic N) is 2. The summed E-state index contributed by atoms with van der Waals surface area (Å²) in [5.74, 6) is 0.995. The molecule has 0 saturated carbocycles. The molecule has 0 aliphatic carbocycles. The van der Waals surface area contributed by atoms with E-state index < -0.39 is 0 Å². The van der Waals surface area contributed by atoms with Gasteiger partial charge in [-0.05, 0) is 26.2 Å². The van der Waals surface area contributed by atoms with Gasteiger partial charge in [0.25, 0.3) is 0 Å². The summed E-state index contributed by atoms with van der Waals surface area (Å²) in [6.07, 6.45) is 2.72. The van der Waals surface area contributed by atoms with Gasteiger partial charge in [-0.25, -0.2) is 4.79 Å². The summed E-state index contributed by atoms with van der Waals surface area (Å²) >= 11 is 0. The van der Waals surface area contributed by atoms with Crippen molar-refractivity contribution >= 4 is 11.8 Å². The number of aryl methyl sites for hydroxylation is 1. The van der Waals surface area contributed by atoms with Gasteiger partial charge in [-0.1, -0.05) is 0 Å². The Morgan fingerprint density at radius 1 is 1.52 bits per heavy atom. The Balaban J connectivity index is 1.65. The number of hydrogen-bond acceptors (Lipinski definition) is 4. The third-order valence-corrected chi connectivity index (χ3v) is 3.66. The first-order valence-corrected chi connectivity index (χ1v) is 7.49. The average molecular weight is 295 g/mol. The van der Waals surface area contributed by atoms with Crippen LogP contribution in [0.25, 0.3) is 0 Å². The lowest BCUT2D eigenvalue weighted by molar-refractivity contribution is 0.193. The highest BCUT2D eigenvalue weighted by atomic mass is 16.5. The van der Waals surface area contributed by atoms with Crippen molar-refractivity contribution in [3.8, 4) is 0 Å². The quantitative estimate of drug-likeness (QED) is 0.684. The highest BCUT2D eigenvalue weighted by Crippen LogP contribution is 2.18. The van der Waals surface area contributed by atoms with E-state index in [1.54, 1.807) is 7.11 Å². The molecule has 0 radical (unpaired) electrons. The van der Waals surface area contributed by atoms with E-state index >= 15 is 0 Å². The number of hydrogen-bond donors (Lipinski definition) is 3. The SMILES string of the molecule is COCCCNC(=O)NC1CCN(c2cc(C)[nH]n2)CC1. The molecule has 7 heteroatoms. The van der Waals surface area contributed by atoms with Gasteiger partial charge >= 0.3 is 6.03 Å². The number of urea groups is 1. The van der Waals surface area contributed by atoms with Gasteiger partial charge < -0.3 is 20.3 Å². The first-order valence-electron chi connectivity index (χ1n) is 7.49. The molecule has 1 saturated heterocycles. The number of anilines is 1. The van der Waals surface area contributed by atoms with Crippen molar-refractivity contribution in [1.29, 1.82) is 0 Å². The largest absolute Gasteiger partial charge is 0.385 e. The Hall–Kier alpha value is -1.76. The van der Waals surface area contributed by atoms with Crippen LogP contribution in [-0.4, -0.2) is 55.6 Å². The number of H-pyrrole nitrogens is 1. The van der Waals surface area contributed by atoms with Gasteiger partial charge in [-0.15, -0.1) is 0 Å². The van der Waals surface area contributed by atoms with E-state index in [0.29, 0.717) is 13.2 Å². The van der Waals surface area contributed by atoms with Crippen LogP contribution in [0.4, 0.5) is 10.6 Å². The second-order valence-electron chi connectivity index (χ2n) is 5.42. The maximum Gasteiger partial charge on any atom is 0.315 e. The highest BCUT2D eigenvalue weighted by Gasteiger charge is 2.21. The van der Waals surface area contributed by atoms with Crippen molar-refractivity contribution in [2.75, 3.05) is 38.3 Å². The van der Waals surface area contributed by atoms with Crippen LogP contribution in [0.3, 0.4) is 0 Å². The highest BCUT2D eigenvalue weighted by molar-refractivity contribution is 5.74. The molecular formula is C14H25N5O2. The summed E-state index contributed by atoms with van der Waals surface area (Å²) in [5.41, 5.74) is 1.07. The zero-order chi connectivity index (χ0) is 15.1. The Kier molecular flexibility index (Phi) is 5.86. The van der Waals surface area contributed by atoms with E-state index in [1.807, 2.05) is 6.92 Å². The molecule has 3 N–H and O–H groups in total. The fourth-order valence-corrected chi connectivity index (χ4v) is 2.47. The Morgan fingerprint density at radius 3 is 2.90 bits per heavy atom. The molecule has 1 aliphatic heterocycles. The van der Waals surface area contributed by atoms with Gasteiger partial charge in [0, 0.05) is 51.2 Å². The van der Waals surface area contributed by atoms with Crippen LogP contribution < -0.4 is 15.5 Å². The number of aromatic amines is 1. The zero-order valence-electron chi connectivity index (χ0n) is 12.8. The average Bonchev–Trinajstić information content (AvgIpc) is 2.91. The van der Waals surface area contributed by atoms with Crippen molar-refractivity contribution < 1.29 is 9.53 Å². The van der Waals surface area contributed by atoms with E-state index in [1.165, 1.54) is 0 Å². The number of methoxy groups -OCH3 is 1. The second-order valence-corrected chi connectivity index (χ2v) is 5.42. The minimum atomic E-state index is -0.0832. The monoisotopic (exact) mass is 295 g/mol. The van der Waals surface area contributed by atoms with Gasteiger partial charge in [-0.3, -0.25) is 5.10 Å². The molecule has 0 aromatic carbocycles. The molecule has 0 unspecified atom stereocenters. The van der Waals surface area contributed by atoms with Crippen LogP contribution in [0.1, 0.15) is 25.0 Å². The molecule has 21 heavy (non-hydrogen) atoms. The fraction of sp³-hybridized carbons (Fsp3) is 0.714. The lowest BCUT2D eigenvalue weighted by atomic mass is 10.1. The molecule has 7 nitrogen and oxygen atoms in total. The molecule has 0 spiro atoms. The van der Waals surface area contributed by atoms with Crippen LogP contribution in [0, 0.1) is 6.92 Å². The minimum absolute atomic E-state index is 0.0832. The number of rotatable bonds is 6. The molecule has 0 bridgehead atoms. The molecule has 2 amide bonds. The van der Waals surface area contributed by atoms with E-state index in [2.05, 4.69) is 31.8 Å². The summed E-state index contributed by atoms with van der Waals surface area (Å²) in [6, 6.07) is 2.21. The Bertz CT molecular complexity index is 440. The van der Waals surface area contributed by atoms with Crippen LogP contribution in [-0.2, 0) is 4.74 Å². The Morgan fingerprint density at radius 2 is 2.29 bits per heavy atom. The predicted molar refractivity (Wildman–Crippen MR) is 81.6 cm³/mol. The van der Waals surface area contributed by atoms with Crippen molar-refractivity contribution in [2.45, 2.75) is 32.2 Å². The van der Waals surface area contributed by atoms with Crippen molar-refractivity contribution in [3.63, 3.8) is 0 Å². The fourth-order valence-electron chi connectivity index (χ4n) is 2.47. The summed E-state index contributed by atoms with van der Waals surface area (Å²) in [7, 11) is 1.66. The van der Waals surface area contributed by atoms with E-state index in [4.69, 9.17) is 4.74 Å². The number of ether oxygens (including phenoxy) is 1. The normalized spacial score (nSPS) is 16.0. The van der Waals surface area contributed by atoms with Crippen LogP contribution in [0.15, 0.2) is 6.07 Å². The van der Waals surface area contributed by atoms with E-state index in [-0.39, 0.29) is 12.1 Å². The lowest BCUT2D eigenvalue weighted by Gasteiger charge is -2.32. The maximum atomic E-state index is 11.7. The molecule has 118 valence electrons. The smallest absolute Gasteiger partial charge is 0.315 e. The zero-order valence-corrected chi connectivity index (χ0v) is 12.8. The van der Waals surface area contributed by atoms with E-state index in [0.717, 1.165) is 43.9 Å². The molecule has 1 aromatic rings. The molecule has 1 aromatic heterocycles. The van der Waals surface area contributed by atoms with Gasteiger partial charge in [0.1, 0.15) is 0 Å². The predicted octanol–water partition coefficient (Wildman–Crippen LogP) is 1.02. The van der Waals surface area contributed by atoms with Gasteiger partial charge in [-0.2, -0.15) is 5.10 Å². The van der Waals surface area contributed by atoms with Crippen molar-refractivity contribution in [2.24, 2.45) is 0 Å². The van der Waals surface area contributed by atoms with Crippen LogP contribution >= 0.6 is 0 Å². The number of amides is 2. The number of carbonyl (C=O) groups excluding carboxylic acids is 1. The first-order chi connectivity index (χ1) is 10.2. The summed E-state index contributed by atoms with van der Waals surface area (Å²) < 4.78 is 4.94. The summed E-state index contributed by atoms with van der Waals surface area (Å²) in [4.78, 5) is 14.0. The molecule has 2 heterocycles. The summed E-state index contributed by atoms with van der Waals surface area (Å²) in [5, 5.41) is 13.1. The van der Waals surface area contributed by atoms with Crippen LogP contribution in [0.5, 0.6) is 0 Å². The number of piperidine rings is 1. The molecule has 2 rings (SSSR count). The molecule has 1 fully saturated rings. The third-order valence-electron chi connectivity index (χ3n) is 3.66.